The second kappa shape index (κ2) is 8.09. The van der Waals surface area contributed by atoms with Gasteiger partial charge >= 0.3 is 5.97 Å². The second-order valence-electron chi connectivity index (χ2n) is 6.01. The van der Waals surface area contributed by atoms with Gasteiger partial charge < -0.3 is 15.3 Å². The highest BCUT2D eigenvalue weighted by Crippen LogP contribution is 2.26. The maximum absolute atomic E-state index is 12.9. The number of carboxylic acids is 1. The van der Waals surface area contributed by atoms with Crippen LogP contribution in [-0.4, -0.2) is 39.3 Å². The number of hydrogen-bond donors (Lipinski definition) is 2. The van der Waals surface area contributed by atoms with Crippen LogP contribution in [0, 0.1) is 0 Å². The standard InChI is InChI=1S/C18H19N3O4S/c22-15-8-4-5-9-21(15)16(12-6-2-1-3-7-12)17(23)19-10-14-20-13(11-26-14)18(24)25/h1-3,6-7,11,16H,4-5,8-10H2,(H,19,23)(H,24,25). The van der Waals surface area contributed by atoms with Gasteiger partial charge in [0.1, 0.15) is 11.0 Å². The van der Waals surface area contributed by atoms with Crippen molar-refractivity contribution < 1.29 is 19.5 Å². The van der Waals surface area contributed by atoms with Crippen LogP contribution in [0.1, 0.15) is 46.4 Å². The molecular formula is C18H19N3O4S. The van der Waals surface area contributed by atoms with Crippen molar-refractivity contribution in [1.29, 1.82) is 0 Å². The number of piperidine rings is 1. The summed E-state index contributed by atoms with van der Waals surface area (Å²) in [5.41, 5.74) is 0.718. The van der Waals surface area contributed by atoms with Crippen molar-refractivity contribution in [3.05, 3.63) is 52.0 Å². The molecule has 0 bridgehead atoms. The van der Waals surface area contributed by atoms with E-state index in [4.69, 9.17) is 5.11 Å². The molecule has 1 fully saturated rings. The monoisotopic (exact) mass is 373 g/mol. The molecule has 3 rings (SSSR count). The number of thiazole rings is 1. The first-order valence-corrected chi connectivity index (χ1v) is 9.24. The number of benzene rings is 1. The minimum absolute atomic E-state index is 0.0253. The van der Waals surface area contributed by atoms with Crippen LogP contribution in [0.15, 0.2) is 35.7 Å². The molecule has 0 radical (unpaired) electrons. The molecule has 1 aliphatic heterocycles. The Bertz CT molecular complexity index is 806. The number of nitrogens with one attached hydrogen (secondary N) is 1. The predicted octanol–water partition coefficient (Wildman–Crippen LogP) is 2.21. The third kappa shape index (κ3) is 4.08. The number of nitrogens with zero attached hydrogens (tertiary/aromatic N) is 2. The first-order chi connectivity index (χ1) is 12.6. The molecule has 1 atom stereocenters. The molecule has 7 nitrogen and oxygen atoms in total. The number of carbonyl (C=O) groups is 3. The van der Waals surface area contributed by atoms with E-state index in [-0.39, 0.29) is 24.1 Å². The van der Waals surface area contributed by atoms with Gasteiger partial charge in [-0.05, 0) is 18.4 Å². The van der Waals surface area contributed by atoms with Gasteiger partial charge in [0.2, 0.25) is 11.8 Å². The van der Waals surface area contributed by atoms with E-state index in [0.717, 1.165) is 18.4 Å². The molecule has 1 saturated heterocycles. The zero-order valence-electron chi connectivity index (χ0n) is 14.1. The summed E-state index contributed by atoms with van der Waals surface area (Å²) in [7, 11) is 0. The molecule has 26 heavy (non-hydrogen) atoms. The normalized spacial score (nSPS) is 15.5. The van der Waals surface area contributed by atoms with Crippen molar-refractivity contribution in [2.24, 2.45) is 0 Å². The van der Waals surface area contributed by atoms with E-state index in [1.165, 1.54) is 16.7 Å². The van der Waals surface area contributed by atoms with Crippen LogP contribution in [-0.2, 0) is 16.1 Å². The molecule has 1 unspecified atom stereocenters. The highest BCUT2D eigenvalue weighted by atomic mass is 32.1. The Kier molecular flexibility index (Phi) is 5.62. The third-order valence-electron chi connectivity index (χ3n) is 4.22. The number of amides is 2. The van der Waals surface area contributed by atoms with E-state index in [0.29, 0.717) is 18.0 Å². The maximum Gasteiger partial charge on any atom is 0.355 e. The van der Waals surface area contributed by atoms with E-state index in [9.17, 15) is 14.4 Å². The number of aromatic nitrogens is 1. The van der Waals surface area contributed by atoms with Gasteiger partial charge in [-0.3, -0.25) is 9.59 Å². The lowest BCUT2D eigenvalue weighted by Crippen LogP contribution is -2.45. The van der Waals surface area contributed by atoms with Gasteiger partial charge in [-0.25, -0.2) is 9.78 Å². The average Bonchev–Trinajstić information content (AvgIpc) is 3.12. The highest BCUT2D eigenvalue weighted by molar-refractivity contribution is 7.09. The van der Waals surface area contributed by atoms with Crippen LogP contribution >= 0.6 is 11.3 Å². The number of hydrogen-bond acceptors (Lipinski definition) is 5. The summed E-state index contributed by atoms with van der Waals surface area (Å²) < 4.78 is 0. The Morgan fingerprint density at radius 3 is 2.69 bits per heavy atom. The summed E-state index contributed by atoms with van der Waals surface area (Å²) in [6.07, 6.45) is 2.16. The fourth-order valence-corrected chi connectivity index (χ4v) is 3.67. The molecule has 136 valence electrons. The smallest absolute Gasteiger partial charge is 0.355 e. The Morgan fingerprint density at radius 2 is 2.04 bits per heavy atom. The molecule has 2 N–H and O–H groups in total. The van der Waals surface area contributed by atoms with Gasteiger partial charge in [-0.2, -0.15) is 0 Å². The SMILES string of the molecule is O=C(O)c1csc(CNC(=O)C(c2ccccc2)N2CCCCC2=O)n1. The summed E-state index contributed by atoms with van der Waals surface area (Å²) in [5.74, 6) is -1.42. The quantitative estimate of drug-likeness (QED) is 0.809. The molecular weight excluding hydrogens is 354 g/mol. The predicted molar refractivity (Wildman–Crippen MR) is 95.7 cm³/mol. The second-order valence-corrected chi connectivity index (χ2v) is 6.95. The van der Waals surface area contributed by atoms with Crippen molar-refractivity contribution in [2.45, 2.75) is 31.8 Å². The molecule has 2 amide bonds. The van der Waals surface area contributed by atoms with Gasteiger partial charge in [0.25, 0.3) is 0 Å². The van der Waals surface area contributed by atoms with Crippen LogP contribution in [0.4, 0.5) is 0 Å². The zero-order valence-corrected chi connectivity index (χ0v) is 14.9. The van der Waals surface area contributed by atoms with Crippen LogP contribution < -0.4 is 5.32 Å². The lowest BCUT2D eigenvalue weighted by molar-refractivity contribution is -0.142. The molecule has 8 heteroatoms. The fraction of sp³-hybridized carbons (Fsp3) is 0.333. The van der Waals surface area contributed by atoms with Crippen molar-refractivity contribution >= 4 is 29.1 Å². The molecule has 1 aromatic carbocycles. The number of carbonyl (C=O) groups excluding carboxylic acids is 2. The van der Waals surface area contributed by atoms with Crippen molar-refractivity contribution in [3.8, 4) is 0 Å². The molecule has 1 aliphatic rings. The van der Waals surface area contributed by atoms with Gasteiger partial charge in [0.15, 0.2) is 5.69 Å². The zero-order chi connectivity index (χ0) is 18.5. The Morgan fingerprint density at radius 1 is 1.27 bits per heavy atom. The first kappa shape index (κ1) is 18.1. The fourth-order valence-electron chi connectivity index (χ4n) is 2.96. The van der Waals surface area contributed by atoms with E-state index in [2.05, 4.69) is 10.3 Å². The molecule has 0 spiro atoms. The number of aromatic carboxylic acids is 1. The summed E-state index contributed by atoms with van der Waals surface area (Å²) in [6.45, 7) is 0.675. The van der Waals surface area contributed by atoms with Gasteiger partial charge in [0, 0.05) is 18.3 Å². The average molecular weight is 373 g/mol. The lowest BCUT2D eigenvalue weighted by Gasteiger charge is -2.34. The Hall–Kier alpha value is -2.74. The van der Waals surface area contributed by atoms with Gasteiger partial charge in [-0.15, -0.1) is 11.3 Å². The topological polar surface area (TPSA) is 99.6 Å². The first-order valence-electron chi connectivity index (χ1n) is 8.36. The van der Waals surface area contributed by atoms with E-state index in [1.54, 1.807) is 4.90 Å². The lowest BCUT2D eigenvalue weighted by atomic mass is 10.0. The molecule has 2 heterocycles. The maximum atomic E-state index is 12.9. The van der Waals surface area contributed by atoms with Crippen molar-refractivity contribution in [1.82, 2.24) is 15.2 Å². The van der Waals surface area contributed by atoms with Crippen LogP contribution in [0.3, 0.4) is 0 Å². The summed E-state index contributed by atoms with van der Waals surface area (Å²) in [5, 5.41) is 13.7. The largest absolute Gasteiger partial charge is 0.476 e. The molecule has 0 saturated carbocycles. The van der Waals surface area contributed by atoms with Crippen molar-refractivity contribution in [3.63, 3.8) is 0 Å². The van der Waals surface area contributed by atoms with Crippen LogP contribution in [0.5, 0.6) is 0 Å². The summed E-state index contributed by atoms with van der Waals surface area (Å²) >= 11 is 1.18. The van der Waals surface area contributed by atoms with E-state index >= 15 is 0 Å². The van der Waals surface area contributed by atoms with E-state index in [1.807, 2.05) is 30.3 Å². The minimum atomic E-state index is -1.10. The summed E-state index contributed by atoms with van der Waals surface area (Å²) in [6, 6.07) is 8.51. The Labute approximate surface area is 154 Å². The number of rotatable bonds is 6. The molecule has 1 aromatic heterocycles. The molecule has 0 aliphatic carbocycles. The minimum Gasteiger partial charge on any atom is -0.476 e. The van der Waals surface area contributed by atoms with Gasteiger partial charge in [-0.1, -0.05) is 30.3 Å². The molecule has 2 aromatic rings. The number of likely N-dealkylation sites (tertiary alicyclic amines) is 1. The van der Waals surface area contributed by atoms with Gasteiger partial charge in [0.05, 0.1) is 6.54 Å². The van der Waals surface area contributed by atoms with Crippen LogP contribution in [0.2, 0.25) is 0 Å². The summed E-state index contributed by atoms with van der Waals surface area (Å²) in [4.78, 5) is 41.7. The van der Waals surface area contributed by atoms with Crippen molar-refractivity contribution in [2.75, 3.05) is 6.54 Å². The Balaban J connectivity index is 1.76. The van der Waals surface area contributed by atoms with E-state index < -0.39 is 12.0 Å². The highest BCUT2D eigenvalue weighted by Gasteiger charge is 2.32. The number of carboxylic acid groups (broad SMARTS) is 1. The van der Waals surface area contributed by atoms with Crippen LogP contribution in [0.25, 0.3) is 0 Å². The third-order valence-corrected chi connectivity index (χ3v) is 5.07.